The number of phenols is 1. The van der Waals surface area contributed by atoms with E-state index in [1.165, 1.54) is 0 Å². The van der Waals surface area contributed by atoms with Gasteiger partial charge in [-0.05, 0) is 24.3 Å². The van der Waals surface area contributed by atoms with Gasteiger partial charge in [-0.25, -0.2) is 4.98 Å². The van der Waals surface area contributed by atoms with Gasteiger partial charge in [-0.2, -0.15) is 0 Å². The molecule has 2 aromatic heterocycles. The van der Waals surface area contributed by atoms with Gasteiger partial charge in [0.2, 0.25) is 0 Å². The molecule has 0 aliphatic heterocycles. The van der Waals surface area contributed by atoms with Crippen LogP contribution >= 0.6 is 0 Å². The molecule has 0 bridgehead atoms. The molecule has 3 aromatic rings. The number of rotatable bonds is 1. The van der Waals surface area contributed by atoms with Crippen LogP contribution in [0.25, 0.3) is 16.9 Å². The molecule has 3 heteroatoms. The average molecular weight is 210 g/mol. The molecule has 0 saturated heterocycles. The van der Waals surface area contributed by atoms with Gasteiger partial charge in [0.15, 0.2) is 0 Å². The van der Waals surface area contributed by atoms with Gasteiger partial charge >= 0.3 is 0 Å². The highest BCUT2D eigenvalue weighted by Crippen LogP contribution is 2.27. The van der Waals surface area contributed by atoms with Gasteiger partial charge in [0.25, 0.3) is 0 Å². The number of para-hydroxylation sites is 1. The van der Waals surface area contributed by atoms with Crippen LogP contribution < -0.4 is 0 Å². The molecule has 0 amide bonds. The lowest BCUT2D eigenvalue weighted by molar-refractivity contribution is 0.477. The maximum atomic E-state index is 9.74. The van der Waals surface area contributed by atoms with Crippen LogP contribution in [0.5, 0.6) is 5.75 Å². The second kappa shape index (κ2) is 3.38. The number of nitrogens with zero attached hydrogens (tertiary/aromatic N) is 2. The molecule has 0 aliphatic rings. The minimum atomic E-state index is 0.255. The number of hydrogen-bond acceptors (Lipinski definition) is 2. The van der Waals surface area contributed by atoms with Crippen molar-refractivity contribution in [2.24, 2.45) is 0 Å². The normalized spacial score (nSPS) is 10.8. The van der Waals surface area contributed by atoms with Crippen molar-refractivity contribution in [1.82, 2.24) is 9.38 Å². The Bertz CT molecular complexity index is 610. The van der Waals surface area contributed by atoms with Crippen molar-refractivity contribution in [1.29, 1.82) is 0 Å². The number of fused-ring (bicyclic) bond motifs is 1. The summed E-state index contributed by atoms with van der Waals surface area (Å²) in [5, 5.41) is 9.74. The lowest BCUT2D eigenvalue weighted by Crippen LogP contribution is -1.77. The lowest BCUT2D eigenvalue weighted by atomic mass is 10.1. The zero-order valence-electron chi connectivity index (χ0n) is 8.54. The zero-order valence-corrected chi connectivity index (χ0v) is 8.54. The van der Waals surface area contributed by atoms with Crippen LogP contribution in [0.2, 0.25) is 0 Å². The van der Waals surface area contributed by atoms with E-state index in [-0.39, 0.29) is 5.75 Å². The van der Waals surface area contributed by atoms with Crippen LogP contribution in [0, 0.1) is 0 Å². The van der Waals surface area contributed by atoms with Gasteiger partial charge in [-0.3, -0.25) is 0 Å². The molecular formula is C13H10N2O. The summed E-state index contributed by atoms with van der Waals surface area (Å²) in [5.74, 6) is 0.255. The van der Waals surface area contributed by atoms with Crippen molar-refractivity contribution in [2.75, 3.05) is 0 Å². The minimum absolute atomic E-state index is 0.255. The van der Waals surface area contributed by atoms with Crippen LogP contribution in [-0.4, -0.2) is 14.5 Å². The van der Waals surface area contributed by atoms with E-state index < -0.39 is 0 Å². The molecule has 16 heavy (non-hydrogen) atoms. The number of phenolic OH excluding ortho intramolecular Hbond substituents is 1. The maximum Gasteiger partial charge on any atom is 0.137 e. The monoisotopic (exact) mass is 210 g/mol. The average Bonchev–Trinajstić information content (AvgIpc) is 2.73. The van der Waals surface area contributed by atoms with Crippen LogP contribution in [0.1, 0.15) is 0 Å². The van der Waals surface area contributed by atoms with E-state index in [9.17, 15) is 5.11 Å². The van der Waals surface area contributed by atoms with E-state index >= 15 is 0 Å². The molecule has 0 radical (unpaired) electrons. The highest BCUT2D eigenvalue weighted by molar-refractivity contribution is 5.68. The number of hydrogen-bond donors (Lipinski definition) is 1. The summed E-state index contributed by atoms with van der Waals surface area (Å²) in [5.41, 5.74) is 2.41. The van der Waals surface area contributed by atoms with Crippen molar-refractivity contribution in [2.45, 2.75) is 0 Å². The summed E-state index contributed by atoms with van der Waals surface area (Å²) < 4.78 is 1.93. The third-order valence-electron chi connectivity index (χ3n) is 2.54. The quantitative estimate of drug-likeness (QED) is 0.670. The van der Waals surface area contributed by atoms with E-state index in [0.29, 0.717) is 0 Å². The topological polar surface area (TPSA) is 37.5 Å². The Kier molecular flexibility index (Phi) is 1.90. The maximum absolute atomic E-state index is 9.74. The predicted octanol–water partition coefficient (Wildman–Crippen LogP) is 2.71. The molecule has 2 heterocycles. The Morgan fingerprint density at radius 2 is 1.81 bits per heavy atom. The van der Waals surface area contributed by atoms with Crippen LogP contribution in [0.4, 0.5) is 0 Å². The van der Waals surface area contributed by atoms with Gasteiger partial charge < -0.3 is 9.51 Å². The number of pyridine rings is 1. The smallest absolute Gasteiger partial charge is 0.137 e. The summed E-state index contributed by atoms with van der Waals surface area (Å²) in [6.45, 7) is 0. The first-order chi connectivity index (χ1) is 7.84. The first-order valence-corrected chi connectivity index (χ1v) is 5.07. The summed E-state index contributed by atoms with van der Waals surface area (Å²) in [6, 6.07) is 13.0. The lowest BCUT2D eigenvalue weighted by Gasteiger charge is -1.98. The molecule has 3 rings (SSSR count). The molecular weight excluding hydrogens is 200 g/mol. The standard InChI is InChI=1S/C13H10N2O/c16-12-6-2-1-5-10(12)11-9-15-8-4-3-7-13(15)14-11/h1-9,16H. The number of imidazole rings is 1. The van der Waals surface area contributed by atoms with Crippen molar-refractivity contribution < 1.29 is 5.11 Å². The van der Waals surface area contributed by atoms with Crippen molar-refractivity contribution in [3.63, 3.8) is 0 Å². The predicted molar refractivity (Wildman–Crippen MR) is 62.3 cm³/mol. The van der Waals surface area contributed by atoms with E-state index in [0.717, 1.165) is 16.9 Å². The Labute approximate surface area is 92.6 Å². The largest absolute Gasteiger partial charge is 0.507 e. The summed E-state index contributed by atoms with van der Waals surface area (Å²) >= 11 is 0. The molecule has 0 atom stereocenters. The Balaban J connectivity index is 2.23. The van der Waals surface area contributed by atoms with E-state index in [1.807, 2.05) is 47.1 Å². The fourth-order valence-corrected chi connectivity index (χ4v) is 1.75. The Hall–Kier alpha value is -2.29. The van der Waals surface area contributed by atoms with Gasteiger partial charge in [0.05, 0.1) is 5.69 Å². The minimum Gasteiger partial charge on any atom is -0.507 e. The number of aromatic nitrogens is 2. The third-order valence-corrected chi connectivity index (χ3v) is 2.54. The SMILES string of the molecule is Oc1ccccc1-c1cn2ccccc2n1. The third kappa shape index (κ3) is 1.34. The highest BCUT2D eigenvalue weighted by Gasteiger charge is 2.07. The van der Waals surface area contributed by atoms with E-state index in [4.69, 9.17) is 0 Å². The molecule has 78 valence electrons. The highest BCUT2D eigenvalue weighted by atomic mass is 16.3. The zero-order chi connectivity index (χ0) is 11.0. The molecule has 0 saturated carbocycles. The van der Waals surface area contributed by atoms with Crippen LogP contribution in [0.15, 0.2) is 54.9 Å². The van der Waals surface area contributed by atoms with Crippen molar-refractivity contribution in [3.05, 3.63) is 54.9 Å². The summed E-state index contributed by atoms with van der Waals surface area (Å²) in [6.07, 6.45) is 3.84. The fraction of sp³-hybridized carbons (Fsp3) is 0. The van der Waals surface area contributed by atoms with Gasteiger partial charge in [0.1, 0.15) is 11.4 Å². The fourth-order valence-electron chi connectivity index (χ4n) is 1.75. The van der Waals surface area contributed by atoms with Gasteiger partial charge in [-0.15, -0.1) is 0 Å². The van der Waals surface area contributed by atoms with E-state index in [1.54, 1.807) is 12.1 Å². The molecule has 3 nitrogen and oxygen atoms in total. The molecule has 1 aromatic carbocycles. The molecule has 0 fully saturated rings. The second-order valence-electron chi connectivity index (χ2n) is 3.61. The first kappa shape index (κ1) is 8.97. The second-order valence-corrected chi connectivity index (χ2v) is 3.61. The van der Waals surface area contributed by atoms with Crippen molar-refractivity contribution in [3.8, 4) is 17.0 Å². The van der Waals surface area contributed by atoms with E-state index in [2.05, 4.69) is 4.98 Å². The van der Waals surface area contributed by atoms with Gasteiger partial charge in [0, 0.05) is 18.0 Å². The Morgan fingerprint density at radius 1 is 1.00 bits per heavy atom. The Morgan fingerprint density at radius 3 is 2.62 bits per heavy atom. The number of benzene rings is 1. The summed E-state index contributed by atoms with van der Waals surface area (Å²) in [7, 11) is 0. The van der Waals surface area contributed by atoms with Crippen LogP contribution in [-0.2, 0) is 0 Å². The number of aromatic hydroxyl groups is 1. The first-order valence-electron chi connectivity index (χ1n) is 5.07. The molecule has 0 spiro atoms. The molecule has 0 aliphatic carbocycles. The molecule has 1 N–H and O–H groups in total. The van der Waals surface area contributed by atoms with Crippen LogP contribution in [0.3, 0.4) is 0 Å². The van der Waals surface area contributed by atoms with Gasteiger partial charge in [-0.1, -0.05) is 18.2 Å². The summed E-state index contributed by atoms with van der Waals surface area (Å²) in [4.78, 5) is 4.45. The van der Waals surface area contributed by atoms with Crippen molar-refractivity contribution >= 4 is 5.65 Å². The molecule has 0 unspecified atom stereocenters.